The lowest BCUT2D eigenvalue weighted by molar-refractivity contribution is -0.119. The normalized spacial score (nSPS) is 11.6. The highest BCUT2D eigenvalue weighted by Gasteiger charge is 2.05. The highest BCUT2D eigenvalue weighted by Crippen LogP contribution is 2.08. The second-order valence-corrected chi connectivity index (χ2v) is 7.49. The van der Waals surface area contributed by atoms with Gasteiger partial charge in [0.1, 0.15) is 5.78 Å². The van der Waals surface area contributed by atoms with Crippen molar-refractivity contribution in [2.24, 2.45) is 5.92 Å². The van der Waals surface area contributed by atoms with Crippen LogP contribution in [-0.2, 0) is 17.8 Å². The van der Waals surface area contributed by atoms with Gasteiger partial charge >= 0.3 is 0 Å². The molecule has 0 saturated carbocycles. The van der Waals surface area contributed by atoms with Crippen molar-refractivity contribution in [1.29, 1.82) is 0 Å². The molecule has 0 unspecified atom stereocenters. The van der Waals surface area contributed by atoms with Crippen LogP contribution in [0.4, 0.5) is 0 Å². The summed E-state index contributed by atoms with van der Waals surface area (Å²) in [6, 6.07) is 0.562. The Kier molecular flexibility index (Phi) is 10.6. The van der Waals surface area contributed by atoms with Gasteiger partial charge in [0.25, 0.3) is 0 Å². The topological polar surface area (TPSA) is 59.8 Å². The van der Waals surface area contributed by atoms with Crippen LogP contribution < -0.4 is 5.32 Å². The summed E-state index contributed by atoms with van der Waals surface area (Å²) in [6.07, 6.45) is 9.99. The molecule has 0 spiro atoms. The lowest BCUT2D eigenvalue weighted by atomic mass is 10.0. The van der Waals surface area contributed by atoms with Crippen LogP contribution in [0.15, 0.2) is 6.20 Å². The fourth-order valence-electron chi connectivity index (χ4n) is 2.71. The van der Waals surface area contributed by atoms with Gasteiger partial charge in [-0.3, -0.25) is 9.48 Å². The number of hydrogen-bond acceptors (Lipinski definition) is 4. The quantitative estimate of drug-likeness (QED) is 0.525. The molecule has 1 aromatic heterocycles. The summed E-state index contributed by atoms with van der Waals surface area (Å²) in [4.78, 5) is 11.6. The van der Waals surface area contributed by atoms with Crippen LogP contribution in [0.1, 0.15) is 78.3 Å². The summed E-state index contributed by atoms with van der Waals surface area (Å²) < 4.78 is 1.94. The number of carbonyl (C=O) groups excluding carboxylic acids is 1. The van der Waals surface area contributed by atoms with Crippen molar-refractivity contribution in [3.63, 3.8) is 0 Å². The van der Waals surface area contributed by atoms with Gasteiger partial charge in [-0.05, 0) is 44.6 Å². The molecule has 0 radical (unpaired) electrons. The van der Waals surface area contributed by atoms with E-state index in [0.717, 1.165) is 63.7 Å². The molecule has 1 rings (SSSR count). The number of nitrogens with one attached hydrogen (secondary N) is 1. The zero-order valence-corrected chi connectivity index (χ0v) is 16.1. The minimum atomic E-state index is 0.403. The van der Waals surface area contributed by atoms with E-state index in [-0.39, 0.29) is 0 Å². The van der Waals surface area contributed by atoms with Crippen LogP contribution in [-0.4, -0.2) is 33.4 Å². The second kappa shape index (κ2) is 12.2. The number of aryl methyl sites for hydroxylation is 2. The predicted octanol–water partition coefficient (Wildman–Crippen LogP) is 3.77. The van der Waals surface area contributed by atoms with Crippen molar-refractivity contribution >= 4 is 5.78 Å². The van der Waals surface area contributed by atoms with Crippen molar-refractivity contribution in [3.05, 3.63) is 11.9 Å². The summed E-state index contributed by atoms with van der Waals surface area (Å²) in [7, 11) is 0. The van der Waals surface area contributed by atoms with E-state index in [0.29, 0.717) is 17.7 Å². The van der Waals surface area contributed by atoms with E-state index in [2.05, 4.69) is 49.5 Å². The first-order valence-electron chi connectivity index (χ1n) is 9.61. The summed E-state index contributed by atoms with van der Waals surface area (Å²) in [5, 5.41) is 11.9. The van der Waals surface area contributed by atoms with Gasteiger partial charge in [-0.25, -0.2) is 0 Å². The van der Waals surface area contributed by atoms with Crippen molar-refractivity contribution in [3.8, 4) is 0 Å². The van der Waals surface area contributed by atoms with Crippen molar-refractivity contribution in [2.75, 3.05) is 6.54 Å². The molecule has 0 saturated heterocycles. The van der Waals surface area contributed by atoms with Gasteiger partial charge in [-0.15, -0.1) is 5.10 Å². The maximum absolute atomic E-state index is 11.6. The maximum Gasteiger partial charge on any atom is 0.133 e. The first-order valence-corrected chi connectivity index (χ1v) is 9.61. The molecule has 1 N–H and O–H groups in total. The van der Waals surface area contributed by atoms with Crippen LogP contribution in [0, 0.1) is 5.92 Å². The Hall–Kier alpha value is -1.23. The molecule has 24 heavy (non-hydrogen) atoms. The average molecular weight is 337 g/mol. The van der Waals surface area contributed by atoms with Gasteiger partial charge in [0, 0.05) is 31.6 Å². The first kappa shape index (κ1) is 20.8. The summed E-state index contributed by atoms with van der Waals surface area (Å²) in [6.45, 7) is 10.5. The highest BCUT2D eigenvalue weighted by molar-refractivity contribution is 5.78. The Morgan fingerprint density at radius 2 is 1.92 bits per heavy atom. The summed E-state index contributed by atoms with van der Waals surface area (Å²) in [5.74, 6) is 0.882. The standard InChI is InChI=1S/C19H36N4O/c1-16(2)14-19(24)11-6-5-9-13-23-15-18(21-22-23)10-7-8-12-20-17(3)4/h15-17,20H,5-14H2,1-4H3. The third-order valence-electron chi connectivity index (χ3n) is 3.98. The van der Waals surface area contributed by atoms with E-state index in [1.807, 2.05) is 4.68 Å². The van der Waals surface area contributed by atoms with E-state index in [1.54, 1.807) is 0 Å². The average Bonchev–Trinajstić information content (AvgIpc) is 2.93. The van der Waals surface area contributed by atoms with Crippen LogP contribution in [0.2, 0.25) is 0 Å². The molecular formula is C19H36N4O. The van der Waals surface area contributed by atoms with E-state index in [4.69, 9.17) is 0 Å². The molecule has 1 heterocycles. The third kappa shape index (κ3) is 10.5. The molecule has 1 aromatic rings. The number of aromatic nitrogens is 3. The van der Waals surface area contributed by atoms with Crippen LogP contribution >= 0.6 is 0 Å². The van der Waals surface area contributed by atoms with Crippen molar-refractivity contribution in [2.45, 2.75) is 91.6 Å². The van der Waals surface area contributed by atoms with Crippen LogP contribution in [0.5, 0.6) is 0 Å². The van der Waals surface area contributed by atoms with Gasteiger partial charge in [-0.1, -0.05) is 39.3 Å². The smallest absolute Gasteiger partial charge is 0.133 e. The molecule has 5 heteroatoms. The molecule has 5 nitrogen and oxygen atoms in total. The van der Waals surface area contributed by atoms with Crippen LogP contribution in [0.25, 0.3) is 0 Å². The fraction of sp³-hybridized carbons (Fsp3) is 0.842. The Morgan fingerprint density at radius 3 is 2.62 bits per heavy atom. The SMILES string of the molecule is CC(C)CC(=O)CCCCCn1cc(CCCCNC(C)C)nn1. The zero-order valence-electron chi connectivity index (χ0n) is 16.1. The number of hydrogen-bond donors (Lipinski definition) is 1. The Labute approximate surface area is 147 Å². The summed E-state index contributed by atoms with van der Waals surface area (Å²) in [5.41, 5.74) is 1.09. The van der Waals surface area contributed by atoms with Gasteiger partial charge in [0.2, 0.25) is 0 Å². The highest BCUT2D eigenvalue weighted by atomic mass is 16.1. The number of ketones is 1. The van der Waals surface area contributed by atoms with Crippen molar-refractivity contribution in [1.82, 2.24) is 20.3 Å². The Balaban J connectivity index is 2.06. The molecule has 0 aliphatic rings. The number of rotatable bonds is 14. The van der Waals surface area contributed by atoms with Gasteiger partial charge in [0.15, 0.2) is 0 Å². The van der Waals surface area contributed by atoms with Gasteiger partial charge < -0.3 is 5.32 Å². The van der Waals surface area contributed by atoms with E-state index < -0.39 is 0 Å². The fourth-order valence-corrected chi connectivity index (χ4v) is 2.71. The molecule has 138 valence electrons. The third-order valence-corrected chi connectivity index (χ3v) is 3.98. The second-order valence-electron chi connectivity index (χ2n) is 7.49. The minimum Gasteiger partial charge on any atom is -0.315 e. The van der Waals surface area contributed by atoms with Gasteiger partial charge in [-0.2, -0.15) is 0 Å². The van der Waals surface area contributed by atoms with E-state index in [9.17, 15) is 4.79 Å². The molecule has 0 aliphatic heterocycles. The van der Waals surface area contributed by atoms with E-state index in [1.165, 1.54) is 6.42 Å². The van der Waals surface area contributed by atoms with Crippen LogP contribution in [0.3, 0.4) is 0 Å². The molecule has 0 bridgehead atoms. The molecular weight excluding hydrogens is 300 g/mol. The zero-order chi connectivity index (χ0) is 17.8. The number of carbonyl (C=O) groups is 1. The lowest BCUT2D eigenvalue weighted by Crippen LogP contribution is -2.23. The number of nitrogens with zero attached hydrogens (tertiary/aromatic N) is 3. The molecule has 0 atom stereocenters. The van der Waals surface area contributed by atoms with Gasteiger partial charge in [0.05, 0.1) is 5.69 Å². The lowest BCUT2D eigenvalue weighted by Gasteiger charge is -2.06. The molecule has 0 amide bonds. The van der Waals surface area contributed by atoms with E-state index >= 15 is 0 Å². The molecule has 0 fully saturated rings. The first-order chi connectivity index (χ1) is 11.5. The maximum atomic E-state index is 11.6. The minimum absolute atomic E-state index is 0.403. The molecule has 0 aliphatic carbocycles. The Bertz CT molecular complexity index is 454. The monoisotopic (exact) mass is 336 g/mol. The predicted molar refractivity (Wildman–Crippen MR) is 99.0 cm³/mol. The number of Topliss-reactive ketones (excluding diaryl/α,β-unsaturated/α-hetero) is 1. The number of unbranched alkanes of at least 4 members (excludes halogenated alkanes) is 3. The summed E-state index contributed by atoms with van der Waals surface area (Å²) >= 11 is 0. The van der Waals surface area contributed by atoms with Crippen molar-refractivity contribution < 1.29 is 4.79 Å². The molecule has 0 aromatic carbocycles. The Morgan fingerprint density at radius 1 is 1.12 bits per heavy atom. The largest absolute Gasteiger partial charge is 0.315 e.